The summed E-state index contributed by atoms with van der Waals surface area (Å²) in [5.74, 6) is -0.142. The van der Waals surface area contributed by atoms with Gasteiger partial charge in [-0.1, -0.05) is 18.5 Å². The Bertz CT molecular complexity index is 640. The van der Waals surface area contributed by atoms with Crippen molar-refractivity contribution in [2.24, 2.45) is 0 Å². The number of halogens is 1. The van der Waals surface area contributed by atoms with E-state index in [0.717, 1.165) is 13.1 Å². The highest BCUT2D eigenvalue weighted by molar-refractivity contribution is 7.89. The summed E-state index contributed by atoms with van der Waals surface area (Å²) in [5.41, 5.74) is 0. The lowest BCUT2D eigenvalue weighted by Gasteiger charge is -2.31. The Morgan fingerprint density at radius 2 is 1.83 bits per heavy atom. The summed E-state index contributed by atoms with van der Waals surface area (Å²) in [4.78, 5) is 15.7. The number of hydrogen-bond donors (Lipinski definition) is 1. The first-order valence-electron chi connectivity index (χ1n) is 7.69. The molecule has 1 heterocycles. The molecule has 128 valence electrons. The lowest BCUT2D eigenvalue weighted by Crippen LogP contribution is -3.12. The van der Waals surface area contributed by atoms with Gasteiger partial charge in [-0.3, -0.25) is 4.79 Å². The Balaban J connectivity index is 2.09. The molecule has 1 aliphatic rings. The third-order valence-electron chi connectivity index (χ3n) is 4.09. The molecule has 1 N–H and O–H groups in total. The maximum Gasteiger partial charge on any atom is 0.243 e. The maximum atomic E-state index is 12.7. The van der Waals surface area contributed by atoms with Gasteiger partial charge in [0.15, 0.2) is 0 Å². The molecule has 1 saturated heterocycles. The molecule has 2 rings (SSSR count). The number of amides is 1. The zero-order valence-electron chi connectivity index (χ0n) is 13.5. The van der Waals surface area contributed by atoms with Gasteiger partial charge in [0.05, 0.1) is 44.7 Å². The fraction of sp³-hybridized carbons (Fsp3) is 0.533. The summed E-state index contributed by atoms with van der Waals surface area (Å²) < 4.78 is 26.5. The summed E-state index contributed by atoms with van der Waals surface area (Å²) >= 11 is 5.80. The van der Waals surface area contributed by atoms with Crippen molar-refractivity contribution < 1.29 is 18.1 Å². The van der Waals surface area contributed by atoms with E-state index in [4.69, 9.17) is 11.6 Å². The number of quaternary nitrogens is 1. The minimum Gasteiger partial charge on any atom is -0.334 e. The lowest BCUT2D eigenvalue weighted by molar-refractivity contribution is -0.883. The van der Waals surface area contributed by atoms with Crippen LogP contribution in [0.4, 0.5) is 0 Å². The van der Waals surface area contributed by atoms with Crippen LogP contribution in [0.25, 0.3) is 0 Å². The molecule has 0 spiro atoms. The highest BCUT2D eigenvalue weighted by atomic mass is 35.5. The summed E-state index contributed by atoms with van der Waals surface area (Å²) in [7, 11) is -1.60. The third kappa shape index (κ3) is 4.44. The van der Waals surface area contributed by atoms with Gasteiger partial charge in [-0.15, -0.1) is 0 Å². The van der Waals surface area contributed by atoms with Crippen molar-refractivity contribution in [1.29, 1.82) is 0 Å². The molecule has 8 heteroatoms. The highest BCUT2D eigenvalue weighted by Crippen LogP contribution is 2.18. The third-order valence-corrected chi connectivity index (χ3v) is 6.27. The van der Waals surface area contributed by atoms with Crippen molar-refractivity contribution in [1.82, 2.24) is 9.21 Å². The largest absolute Gasteiger partial charge is 0.334 e. The Kier molecular flexibility index (Phi) is 6.02. The van der Waals surface area contributed by atoms with Gasteiger partial charge < -0.3 is 9.80 Å². The van der Waals surface area contributed by atoms with E-state index in [1.807, 2.05) is 0 Å². The molecule has 0 radical (unpaired) electrons. The zero-order chi connectivity index (χ0) is 17.0. The van der Waals surface area contributed by atoms with Crippen molar-refractivity contribution in [3.8, 4) is 0 Å². The smallest absolute Gasteiger partial charge is 0.243 e. The number of hydrogen-bond acceptors (Lipinski definition) is 3. The standard InChI is InChI=1S/C15H22ClN3O3S/c1-3-19(12-15(20)18-10-8-17(2)9-11-18)23(21,22)14-6-4-13(16)5-7-14/h4-7H,3,8-12H2,1-2H3/p+1. The van der Waals surface area contributed by atoms with E-state index in [2.05, 4.69) is 7.05 Å². The SMILES string of the molecule is CCN(CC(=O)N1CC[NH+](C)CC1)S(=O)(=O)c1ccc(Cl)cc1. The summed E-state index contributed by atoms with van der Waals surface area (Å²) in [6, 6.07) is 5.99. The second-order valence-electron chi connectivity index (χ2n) is 5.72. The first-order chi connectivity index (χ1) is 10.8. The second kappa shape index (κ2) is 7.61. The maximum absolute atomic E-state index is 12.7. The minimum absolute atomic E-state index is 0.124. The van der Waals surface area contributed by atoms with E-state index in [-0.39, 0.29) is 23.9 Å². The second-order valence-corrected chi connectivity index (χ2v) is 8.10. The Morgan fingerprint density at radius 3 is 2.35 bits per heavy atom. The first-order valence-corrected chi connectivity index (χ1v) is 9.51. The van der Waals surface area contributed by atoms with Crippen molar-refractivity contribution in [3.63, 3.8) is 0 Å². The van der Waals surface area contributed by atoms with Crippen LogP contribution < -0.4 is 4.90 Å². The average Bonchev–Trinajstić information content (AvgIpc) is 2.53. The number of sulfonamides is 1. The van der Waals surface area contributed by atoms with E-state index in [1.54, 1.807) is 11.8 Å². The number of benzene rings is 1. The van der Waals surface area contributed by atoms with Gasteiger partial charge in [0.25, 0.3) is 0 Å². The Labute approximate surface area is 142 Å². The average molecular weight is 361 g/mol. The molecule has 0 aliphatic carbocycles. The Morgan fingerprint density at radius 1 is 1.26 bits per heavy atom. The highest BCUT2D eigenvalue weighted by Gasteiger charge is 2.28. The molecule has 0 saturated carbocycles. The fourth-order valence-corrected chi connectivity index (χ4v) is 4.04. The molecule has 0 atom stereocenters. The number of carbonyl (C=O) groups excluding carboxylic acids is 1. The van der Waals surface area contributed by atoms with Gasteiger partial charge in [0, 0.05) is 11.6 Å². The molecule has 1 amide bonds. The molecule has 1 aliphatic heterocycles. The molecule has 6 nitrogen and oxygen atoms in total. The molecule has 23 heavy (non-hydrogen) atoms. The summed E-state index contributed by atoms with van der Waals surface area (Å²) in [5, 5.41) is 0.475. The van der Waals surface area contributed by atoms with Gasteiger partial charge >= 0.3 is 0 Å². The first kappa shape index (κ1) is 18.2. The predicted molar refractivity (Wildman–Crippen MR) is 89.1 cm³/mol. The summed E-state index contributed by atoms with van der Waals surface area (Å²) in [6.45, 7) is 4.97. The molecule has 1 aromatic carbocycles. The van der Waals surface area contributed by atoms with Crippen LogP contribution in [0.1, 0.15) is 6.92 Å². The number of likely N-dealkylation sites (N-methyl/N-ethyl adjacent to an activating group) is 2. The molecular weight excluding hydrogens is 338 g/mol. The van der Waals surface area contributed by atoms with Crippen LogP contribution in [-0.2, 0) is 14.8 Å². The number of nitrogens with zero attached hydrogens (tertiary/aromatic N) is 2. The van der Waals surface area contributed by atoms with Crippen molar-refractivity contribution in [2.75, 3.05) is 46.3 Å². The fourth-order valence-electron chi connectivity index (χ4n) is 2.51. The molecular formula is C15H23ClN3O3S+. The van der Waals surface area contributed by atoms with E-state index in [9.17, 15) is 13.2 Å². The van der Waals surface area contributed by atoms with Crippen LogP contribution in [0.5, 0.6) is 0 Å². The van der Waals surface area contributed by atoms with Gasteiger partial charge in [-0.25, -0.2) is 8.42 Å². The van der Waals surface area contributed by atoms with Crippen molar-refractivity contribution in [2.45, 2.75) is 11.8 Å². The van der Waals surface area contributed by atoms with Gasteiger partial charge in [-0.05, 0) is 24.3 Å². The zero-order valence-corrected chi connectivity index (χ0v) is 15.0. The van der Waals surface area contributed by atoms with Gasteiger partial charge in [0.2, 0.25) is 15.9 Å². The number of rotatable bonds is 5. The van der Waals surface area contributed by atoms with Crippen molar-refractivity contribution in [3.05, 3.63) is 29.3 Å². The number of nitrogens with one attached hydrogen (secondary N) is 1. The summed E-state index contributed by atoms with van der Waals surface area (Å²) in [6.07, 6.45) is 0. The van der Waals surface area contributed by atoms with Gasteiger partial charge in [-0.2, -0.15) is 4.31 Å². The molecule has 0 aromatic heterocycles. The van der Waals surface area contributed by atoms with Crippen LogP contribution in [0.2, 0.25) is 5.02 Å². The number of piperazine rings is 1. The van der Waals surface area contributed by atoms with E-state index in [1.165, 1.54) is 33.5 Å². The van der Waals surface area contributed by atoms with Crippen molar-refractivity contribution >= 4 is 27.5 Å². The van der Waals surface area contributed by atoms with Crippen LogP contribution in [0, 0.1) is 0 Å². The van der Waals surface area contributed by atoms with Crippen LogP contribution in [0.3, 0.4) is 0 Å². The number of carbonyl (C=O) groups is 1. The minimum atomic E-state index is -3.69. The monoisotopic (exact) mass is 360 g/mol. The van der Waals surface area contributed by atoms with E-state index >= 15 is 0 Å². The normalized spacial score (nSPS) is 16.8. The molecule has 0 bridgehead atoms. The lowest BCUT2D eigenvalue weighted by atomic mass is 10.3. The van der Waals surface area contributed by atoms with Crippen LogP contribution in [-0.4, -0.2) is 69.8 Å². The predicted octanol–water partition coefficient (Wildman–Crippen LogP) is -0.292. The van der Waals surface area contributed by atoms with E-state index < -0.39 is 10.0 Å². The molecule has 1 aromatic rings. The van der Waals surface area contributed by atoms with Gasteiger partial charge in [0.1, 0.15) is 0 Å². The molecule has 1 fully saturated rings. The van der Waals surface area contributed by atoms with Crippen LogP contribution >= 0.6 is 11.6 Å². The topological polar surface area (TPSA) is 62.1 Å². The van der Waals surface area contributed by atoms with E-state index in [0.29, 0.717) is 18.1 Å². The quantitative estimate of drug-likeness (QED) is 0.784. The Hall–Kier alpha value is -1.15. The van der Waals surface area contributed by atoms with Crippen LogP contribution in [0.15, 0.2) is 29.2 Å². The molecule has 0 unspecified atom stereocenters.